The van der Waals surface area contributed by atoms with Crippen LogP contribution in [-0.4, -0.2) is 32.2 Å². The van der Waals surface area contributed by atoms with Gasteiger partial charge in [-0.3, -0.25) is 9.71 Å². The first-order valence-corrected chi connectivity index (χ1v) is 9.76. The maximum atomic E-state index is 10.8. The monoisotopic (exact) mass is 397 g/mol. The van der Waals surface area contributed by atoms with Crippen LogP contribution in [0.4, 0.5) is 5.69 Å². The lowest BCUT2D eigenvalue weighted by Crippen LogP contribution is -2.00. The minimum atomic E-state index is -2.66. The van der Waals surface area contributed by atoms with E-state index >= 15 is 0 Å². The topological polar surface area (TPSA) is 82.5 Å². The van der Waals surface area contributed by atoms with Gasteiger partial charge in [-0.25, -0.2) is 8.42 Å². The van der Waals surface area contributed by atoms with Gasteiger partial charge < -0.3 is 14.0 Å². The molecule has 0 amide bonds. The van der Waals surface area contributed by atoms with Crippen molar-refractivity contribution in [2.75, 3.05) is 18.9 Å². The summed E-state index contributed by atoms with van der Waals surface area (Å²) in [6, 6.07) is 13.1. The molecule has 0 atom stereocenters. The molecule has 0 radical (unpaired) electrons. The Morgan fingerprint density at radius 2 is 1.75 bits per heavy atom. The fraction of sp³-hybridized carbons (Fsp3) is 0.150. The molecule has 0 unspecified atom stereocenters. The first-order chi connectivity index (χ1) is 13.6. The molecule has 0 aliphatic rings. The molecule has 28 heavy (non-hydrogen) atoms. The van der Waals surface area contributed by atoms with Gasteiger partial charge in [-0.15, -0.1) is 0 Å². The standard InChI is InChI=1S/C20H19N3O4S/c1-26-18-9-16-17(10-19(18)27-2)21-11-14-7-8-23(20(14)16)12-13-3-5-15(6-4-13)22-28(24)25/h3-11,28H,12H2,1-2H3,(H,22,24,25). The predicted molar refractivity (Wildman–Crippen MR) is 110 cm³/mol. The highest BCUT2D eigenvalue weighted by Gasteiger charge is 2.12. The summed E-state index contributed by atoms with van der Waals surface area (Å²) in [5.74, 6) is 1.29. The molecule has 0 spiro atoms. The van der Waals surface area contributed by atoms with Crippen molar-refractivity contribution >= 4 is 38.4 Å². The van der Waals surface area contributed by atoms with Gasteiger partial charge in [0, 0.05) is 41.5 Å². The molecular formula is C20H19N3O4S. The number of hydrogen-bond donors (Lipinski definition) is 2. The Bertz CT molecular complexity index is 1220. The largest absolute Gasteiger partial charge is 0.493 e. The van der Waals surface area contributed by atoms with Crippen molar-refractivity contribution in [2.45, 2.75) is 6.54 Å². The van der Waals surface area contributed by atoms with E-state index in [0.717, 1.165) is 27.4 Å². The van der Waals surface area contributed by atoms with Crippen molar-refractivity contribution in [1.82, 2.24) is 9.55 Å². The number of rotatable bonds is 6. The Morgan fingerprint density at radius 1 is 1.04 bits per heavy atom. The maximum Gasteiger partial charge on any atom is 0.222 e. The lowest BCUT2D eigenvalue weighted by molar-refractivity contribution is 0.356. The number of hydrogen-bond acceptors (Lipinski definition) is 5. The van der Waals surface area contributed by atoms with Crippen LogP contribution in [-0.2, 0) is 17.4 Å². The van der Waals surface area contributed by atoms with Crippen molar-refractivity contribution in [3.63, 3.8) is 0 Å². The Hall–Kier alpha value is -3.26. The smallest absolute Gasteiger partial charge is 0.222 e. The lowest BCUT2D eigenvalue weighted by Gasteiger charge is -2.12. The fourth-order valence-electron chi connectivity index (χ4n) is 3.33. The zero-order chi connectivity index (χ0) is 19.7. The van der Waals surface area contributed by atoms with Crippen molar-refractivity contribution in [1.29, 1.82) is 0 Å². The summed E-state index contributed by atoms with van der Waals surface area (Å²) >= 11 is 0. The van der Waals surface area contributed by atoms with Gasteiger partial charge in [-0.05, 0) is 29.8 Å². The van der Waals surface area contributed by atoms with Gasteiger partial charge in [-0.2, -0.15) is 0 Å². The second kappa shape index (κ2) is 7.40. The van der Waals surface area contributed by atoms with Crippen LogP contribution in [0.25, 0.3) is 21.8 Å². The summed E-state index contributed by atoms with van der Waals surface area (Å²) in [7, 11) is 0.553. The summed E-state index contributed by atoms with van der Waals surface area (Å²) in [6.07, 6.45) is 3.86. The third-order valence-electron chi connectivity index (χ3n) is 4.62. The number of methoxy groups -OCH3 is 2. The first-order valence-electron chi connectivity index (χ1n) is 8.58. The molecule has 0 saturated carbocycles. The molecule has 0 saturated heterocycles. The number of nitrogens with one attached hydrogen (secondary N) is 1. The summed E-state index contributed by atoms with van der Waals surface area (Å²) in [6.45, 7) is 0.640. The average molecular weight is 397 g/mol. The van der Waals surface area contributed by atoms with Crippen molar-refractivity contribution < 1.29 is 17.9 Å². The second-order valence-electron chi connectivity index (χ2n) is 6.30. The number of pyridine rings is 1. The minimum absolute atomic E-state index is 0.545. The number of nitrogens with zero attached hydrogens (tertiary/aromatic N) is 2. The van der Waals surface area contributed by atoms with Gasteiger partial charge >= 0.3 is 0 Å². The van der Waals surface area contributed by atoms with Crippen LogP contribution < -0.4 is 14.2 Å². The van der Waals surface area contributed by atoms with Crippen molar-refractivity contribution in [3.05, 3.63) is 60.4 Å². The van der Waals surface area contributed by atoms with E-state index in [1.54, 1.807) is 26.4 Å². The number of anilines is 1. The Balaban J connectivity index is 1.78. The van der Waals surface area contributed by atoms with Crippen LogP contribution in [0.15, 0.2) is 54.9 Å². The molecule has 2 aromatic carbocycles. The molecule has 8 heteroatoms. The van der Waals surface area contributed by atoms with Crippen molar-refractivity contribution in [2.24, 2.45) is 0 Å². The van der Waals surface area contributed by atoms with Gasteiger partial charge in [0.15, 0.2) is 11.5 Å². The van der Waals surface area contributed by atoms with E-state index in [1.165, 1.54) is 0 Å². The zero-order valence-corrected chi connectivity index (χ0v) is 16.3. The number of benzene rings is 2. The van der Waals surface area contributed by atoms with E-state index in [-0.39, 0.29) is 0 Å². The Labute approximate surface area is 163 Å². The first kappa shape index (κ1) is 18.1. The molecule has 0 fully saturated rings. The van der Waals surface area contributed by atoms with E-state index in [9.17, 15) is 8.42 Å². The zero-order valence-electron chi connectivity index (χ0n) is 15.4. The van der Waals surface area contributed by atoms with Gasteiger partial charge in [0.25, 0.3) is 0 Å². The number of aromatic nitrogens is 2. The molecule has 2 aromatic heterocycles. The summed E-state index contributed by atoms with van der Waals surface area (Å²) < 4.78 is 36.9. The lowest BCUT2D eigenvalue weighted by atomic mass is 10.1. The average Bonchev–Trinajstić information content (AvgIpc) is 3.11. The third-order valence-corrected chi connectivity index (χ3v) is 5.06. The predicted octanol–water partition coefficient (Wildman–Crippen LogP) is 3.19. The molecule has 7 nitrogen and oxygen atoms in total. The van der Waals surface area contributed by atoms with Gasteiger partial charge in [0.2, 0.25) is 10.9 Å². The highest BCUT2D eigenvalue weighted by molar-refractivity contribution is 7.73. The molecular weight excluding hydrogens is 378 g/mol. The van der Waals surface area contributed by atoms with E-state index in [2.05, 4.69) is 14.3 Å². The normalized spacial score (nSPS) is 11.2. The van der Waals surface area contributed by atoms with E-state index < -0.39 is 10.9 Å². The summed E-state index contributed by atoms with van der Waals surface area (Å²) in [5, 5.41) is 2.00. The fourth-order valence-corrected chi connectivity index (χ4v) is 3.69. The quantitative estimate of drug-likeness (QED) is 0.488. The second-order valence-corrected chi connectivity index (χ2v) is 7.03. The molecule has 0 bridgehead atoms. The van der Waals surface area contributed by atoms with Crippen molar-refractivity contribution in [3.8, 4) is 11.5 Å². The molecule has 4 rings (SSSR count). The van der Waals surface area contributed by atoms with Gasteiger partial charge in [0.05, 0.1) is 25.3 Å². The number of fused-ring (bicyclic) bond motifs is 3. The highest BCUT2D eigenvalue weighted by Crippen LogP contribution is 2.35. The molecule has 144 valence electrons. The molecule has 0 aliphatic heterocycles. The summed E-state index contributed by atoms with van der Waals surface area (Å²) in [5.41, 5.74) is 3.47. The van der Waals surface area contributed by atoms with Gasteiger partial charge in [0.1, 0.15) is 0 Å². The van der Waals surface area contributed by atoms with Crippen LogP contribution in [0.5, 0.6) is 11.5 Å². The SMILES string of the molecule is COc1cc2ncc3ccn(Cc4ccc(N[SH](=O)=O)cc4)c3c2cc1OC. The van der Waals surface area contributed by atoms with Crippen LogP contribution >= 0.6 is 0 Å². The molecule has 1 N–H and O–H groups in total. The van der Waals surface area contributed by atoms with E-state index in [4.69, 9.17) is 9.47 Å². The van der Waals surface area contributed by atoms with Crippen LogP contribution in [0.1, 0.15) is 5.56 Å². The number of thiol groups is 1. The Kier molecular flexibility index (Phi) is 4.79. The Morgan fingerprint density at radius 3 is 2.43 bits per heavy atom. The van der Waals surface area contributed by atoms with E-state index in [1.807, 2.05) is 42.7 Å². The van der Waals surface area contributed by atoms with Crippen LogP contribution in [0.2, 0.25) is 0 Å². The molecule has 4 aromatic rings. The van der Waals surface area contributed by atoms with E-state index in [0.29, 0.717) is 23.7 Å². The summed E-state index contributed by atoms with van der Waals surface area (Å²) in [4.78, 5) is 4.54. The number of ether oxygens (including phenoxy) is 2. The van der Waals surface area contributed by atoms with Gasteiger partial charge in [-0.1, -0.05) is 12.1 Å². The third kappa shape index (κ3) is 3.34. The molecule has 2 heterocycles. The maximum absolute atomic E-state index is 10.8. The minimum Gasteiger partial charge on any atom is -0.493 e. The van der Waals surface area contributed by atoms with Crippen LogP contribution in [0, 0.1) is 0 Å². The van der Waals surface area contributed by atoms with Crippen LogP contribution in [0.3, 0.4) is 0 Å². The molecule has 0 aliphatic carbocycles. The highest BCUT2D eigenvalue weighted by atomic mass is 32.2.